The van der Waals surface area contributed by atoms with Gasteiger partial charge < -0.3 is 9.30 Å². The minimum Gasteiger partial charge on any atom is -0.497 e. The van der Waals surface area contributed by atoms with Gasteiger partial charge in [-0.2, -0.15) is 0 Å². The van der Waals surface area contributed by atoms with E-state index in [0.29, 0.717) is 12.2 Å². The molecule has 0 radical (unpaired) electrons. The molecule has 0 unspecified atom stereocenters. The van der Waals surface area contributed by atoms with Crippen molar-refractivity contribution in [3.63, 3.8) is 0 Å². The van der Waals surface area contributed by atoms with E-state index >= 15 is 0 Å². The number of hydrogen-bond donors (Lipinski definition) is 0. The van der Waals surface area contributed by atoms with Gasteiger partial charge in [0, 0.05) is 30.4 Å². The molecule has 35 heavy (non-hydrogen) atoms. The lowest BCUT2D eigenvalue weighted by molar-refractivity contribution is 0.0978. The zero-order chi connectivity index (χ0) is 25.3. The first-order chi connectivity index (χ1) is 17.1. The second kappa shape index (κ2) is 17.4. The lowest BCUT2D eigenvalue weighted by Crippen LogP contribution is -2.05. The first-order valence-corrected chi connectivity index (χ1v) is 14.4. The van der Waals surface area contributed by atoms with Crippen LogP contribution >= 0.6 is 0 Å². The Morgan fingerprint density at radius 3 is 1.71 bits per heavy atom. The second-order valence-corrected chi connectivity index (χ2v) is 10.4. The van der Waals surface area contributed by atoms with Gasteiger partial charge in [0.2, 0.25) is 0 Å². The number of nitrogens with zero attached hydrogens (tertiary/aromatic N) is 1. The molecule has 196 valence electrons. The van der Waals surface area contributed by atoms with E-state index < -0.39 is 0 Å². The van der Waals surface area contributed by atoms with Crippen LogP contribution in [0, 0.1) is 13.8 Å². The molecule has 2 aromatic rings. The van der Waals surface area contributed by atoms with Crippen LogP contribution in [0.5, 0.6) is 5.75 Å². The molecule has 0 bridgehead atoms. The number of methoxy groups -OCH3 is 1. The van der Waals surface area contributed by atoms with Crippen LogP contribution in [0.3, 0.4) is 0 Å². The number of carbonyl (C=O) groups excluding carboxylic acids is 1. The van der Waals surface area contributed by atoms with Crippen LogP contribution in [0.25, 0.3) is 0 Å². The average molecular weight is 482 g/mol. The Labute approximate surface area is 215 Å². The molecular weight excluding hydrogens is 430 g/mol. The van der Waals surface area contributed by atoms with Crippen molar-refractivity contribution in [1.29, 1.82) is 0 Å². The van der Waals surface area contributed by atoms with Crippen molar-refractivity contribution in [2.45, 2.75) is 130 Å². The highest BCUT2D eigenvalue weighted by molar-refractivity contribution is 5.98. The molecule has 1 heterocycles. The van der Waals surface area contributed by atoms with Gasteiger partial charge in [-0.15, -0.1) is 0 Å². The van der Waals surface area contributed by atoms with E-state index in [2.05, 4.69) is 43.7 Å². The normalized spacial score (nSPS) is 11.2. The smallest absolute Gasteiger partial charge is 0.164 e. The number of unbranched alkanes of at least 4 members (excludes halogenated alkanes) is 14. The first-order valence-electron chi connectivity index (χ1n) is 14.4. The zero-order valence-corrected chi connectivity index (χ0v) is 23.2. The van der Waals surface area contributed by atoms with E-state index in [1.165, 1.54) is 95.5 Å². The van der Waals surface area contributed by atoms with Crippen molar-refractivity contribution >= 4 is 5.78 Å². The lowest BCUT2D eigenvalue weighted by Gasteiger charge is -2.09. The molecule has 0 N–H and O–H groups in total. The lowest BCUT2D eigenvalue weighted by atomic mass is 10.0. The summed E-state index contributed by atoms with van der Waals surface area (Å²) in [5, 5.41) is 0. The molecule has 3 nitrogen and oxygen atoms in total. The molecule has 0 saturated heterocycles. The van der Waals surface area contributed by atoms with Crippen molar-refractivity contribution in [2.24, 2.45) is 0 Å². The quantitative estimate of drug-likeness (QED) is 0.139. The Balaban J connectivity index is 1.56. The third-order valence-corrected chi connectivity index (χ3v) is 7.33. The molecule has 3 heteroatoms. The van der Waals surface area contributed by atoms with Crippen molar-refractivity contribution in [1.82, 2.24) is 4.57 Å². The molecule has 0 aliphatic heterocycles. The Kier molecular flexibility index (Phi) is 14.5. The van der Waals surface area contributed by atoms with Crippen LogP contribution in [0.1, 0.15) is 137 Å². The summed E-state index contributed by atoms with van der Waals surface area (Å²) in [7, 11) is 1.69. The van der Waals surface area contributed by atoms with E-state index in [-0.39, 0.29) is 0 Å². The van der Waals surface area contributed by atoms with Gasteiger partial charge >= 0.3 is 0 Å². The fourth-order valence-electron chi connectivity index (χ4n) is 5.12. The molecule has 2 rings (SSSR count). The van der Waals surface area contributed by atoms with Gasteiger partial charge in [-0.05, 0) is 43.5 Å². The van der Waals surface area contributed by atoms with E-state index in [9.17, 15) is 4.79 Å². The molecule has 0 fully saturated rings. The van der Waals surface area contributed by atoms with Gasteiger partial charge in [0.05, 0.1) is 7.11 Å². The number of benzene rings is 1. The van der Waals surface area contributed by atoms with Gasteiger partial charge in [0.15, 0.2) is 5.78 Å². The number of ether oxygens (including phenoxy) is 1. The van der Waals surface area contributed by atoms with Crippen LogP contribution in [-0.4, -0.2) is 17.5 Å². The van der Waals surface area contributed by atoms with Crippen LogP contribution in [0.4, 0.5) is 0 Å². The molecule has 0 spiro atoms. The topological polar surface area (TPSA) is 31.2 Å². The summed E-state index contributed by atoms with van der Waals surface area (Å²) < 4.78 is 7.46. The highest BCUT2D eigenvalue weighted by atomic mass is 16.5. The Morgan fingerprint density at radius 1 is 0.743 bits per heavy atom. The summed E-state index contributed by atoms with van der Waals surface area (Å²) in [4.78, 5) is 12.9. The van der Waals surface area contributed by atoms with Gasteiger partial charge in [-0.3, -0.25) is 4.79 Å². The van der Waals surface area contributed by atoms with Crippen molar-refractivity contribution in [3.8, 4) is 5.75 Å². The minimum atomic E-state index is 0.308. The predicted molar refractivity (Wildman–Crippen MR) is 150 cm³/mol. The van der Waals surface area contributed by atoms with Crippen LogP contribution in [0.2, 0.25) is 0 Å². The fourth-order valence-corrected chi connectivity index (χ4v) is 5.12. The molecule has 0 aliphatic carbocycles. The monoisotopic (exact) mass is 481 g/mol. The van der Waals surface area contributed by atoms with Crippen molar-refractivity contribution in [3.05, 3.63) is 52.8 Å². The van der Waals surface area contributed by atoms with Gasteiger partial charge in [0.25, 0.3) is 0 Å². The summed E-state index contributed by atoms with van der Waals surface area (Å²) >= 11 is 0. The molecule has 0 amide bonds. The van der Waals surface area contributed by atoms with E-state index in [1.807, 2.05) is 12.1 Å². The van der Waals surface area contributed by atoms with Crippen LogP contribution < -0.4 is 4.74 Å². The average Bonchev–Trinajstić information content (AvgIpc) is 3.14. The predicted octanol–water partition coefficient (Wildman–Crippen LogP) is 9.61. The van der Waals surface area contributed by atoms with E-state index in [1.54, 1.807) is 7.11 Å². The summed E-state index contributed by atoms with van der Waals surface area (Å²) in [5.74, 6) is 1.18. The van der Waals surface area contributed by atoms with Gasteiger partial charge in [-0.25, -0.2) is 0 Å². The second-order valence-electron chi connectivity index (χ2n) is 10.4. The maximum atomic E-state index is 12.9. The maximum Gasteiger partial charge on any atom is 0.164 e. The summed E-state index contributed by atoms with van der Waals surface area (Å²) in [6, 6.07) is 8.16. The molecule has 0 aliphatic rings. The number of ketones is 1. The summed E-state index contributed by atoms with van der Waals surface area (Å²) in [6.45, 7) is 7.21. The van der Waals surface area contributed by atoms with Crippen molar-refractivity contribution < 1.29 is 9.53 Å². The van der Waals surface area contributed by atoms with E-state index in [4.69, 9.17) is 4.74 Å². The third-order valence-electron chi connectivity index (χ3n) is 7.33. The Bertz CT molecular complexity index is 834. The standard InChI is InChI=1S/C32H51NO2/c1-5-6-7-8-9-10-11-12-13-14-15-16-17-18-19-20-31(34)32-27(2)25-33(28(32)3)26-29-21-23-30(35-4)24-22-29/h21-25H,5-20,26H2,1-4H3. The van der Waals surface area contributed by atoms with Crippen LogP contribution in [-0.2, 0) is 6.54 Å². The largest absolute Gasteiger partial charge is 0.497 e. The molecule has 0 atom stereocenters. The third kappa shape index (κ3) is 11.1. The zero-order valence-electron chi connectivity index (χ0n) is 23.2. The summed E-state index contributed by atoms with van der Waals surface area (Å²) in [5.41, 5.74) is 4.33. The number of rotatable bonds is 20. The number of hydrogen-bond acceptors (Lipinski definition) is 2. The highest BCUT2D eigenvalue weighted by Gasteiger charge is 2.16. The minimum absolute atomic E-state index is 0.308. The molecular formula is C32H51NO2. The number of Topliss-reactive ketones (excluding diaryl/α,β-unsaturated/α-hetero) is 1. The number of aryl methyl sites for hydroxylation is 1. The van der Waals surface area contributed by atoms with Crippen molar-refractivity contribution in [2.75, 3.05) is 7.11 Å². The number of aromatic nitrogens is 1. The van der Waals surface area contributed by atoms with Crippen LogP contribution in [0.15, 0.2) is 30.5 Å². The highest BCUT2D eigenvalue weighted by Crippen LogP contribution is 2.22. The Hall–Kier alpha value is -2.03. The molecule has 1 aromatic carbocycles. The van der Waals surface area contributed by atoms with E-state index in [0.717, 1.165) is 35.5 Å². The summed E-state index contributed by atoms with van der Waals surface area (Å²) in [6.07, 6.45) is 23.0. The fraction of sp³-hybridized carbons (Fsp3) is 0.656. The Morgan fingerprint density at radius 2 is 1.23 bits per heavy atom. The van der Waals surface area contributed by atoms with Gasteiger partial charge in [-0.1, -0.05) is 109 Å². The maximum absolute atomic E-state index is 12.9. The van der Waals surface area contributed by atoms with Gasteiger partial charge in [0.1, 0.15) is 5.75 Å². The number of carbonyl (C=O) groups is 1. The molecule has 0 saturated carbocycles. The SMILES string of the molecule is CCCCCCCCCCCCCCCCCC(=O)c1c(C)cn(Cc2ccc(OC)cc2)c1C. The first kappa shape index (κ1) is 29.2. The molecule has 1 aromatic heterocycles.